The van der Waals surface area contributed by atoms with Gasteiger partial charge < -0.3 is 9.64 Å². The Morgan fingerprint density at radius 3 is 2.52 bits per heavy atom. The number of hydrogen-bond donors (Lipinski definition) is 0. The number of benzene rings is 2. The summed E-state index contributed by atoms with van der Waals surface area (Å²) in [6.45, 7) is 1.45. The van der Waals surface area contributed by atoms with Gasteiger partial charge in [-0.1, -0.05) is 72.8 Å². The van der Waals surface area contributed by atoms with Crippen molar-refractivity contribution in [2.24, 2.45) is 5.41 Å². The summed E-state index contributed by atoms with van der Waals surface area (Å²) in [7, 11) is 1.73. The second-order valence-electron chi connectivity index (χ2n) is 8.40. The van der Waals surface area contributed by atoms with E-state index in [9.17, 15) is 4.79 Å². The number of amides is 1. The fourth-order valence-electron chi connectivity index (χ4n) is 5.23. The summed E-state index contributed by atoms with van der Waals surface area (Å²) >= 11 is 0. The van der Waals surface area contributed by atoms with Crippen molar-refractivity contribution < 1.29 is 9.53 Å². The van der Waals surface area contributed by atoms with Gasteiger partial charge in [0.25, 0.3) is 0 Å². The van der Waals surface area contributed by atoms with Crippen molar-refractivity contribution in [3.63, 3.8) is 0 Å². The van der Waals surface area contributed by atoms with Gasteiger partial charge in [-0.15, -0.1) is 0 Å². The van der Waals surface area contributed by atoms with Crippen LogP contribution in [0.25, 0.3) is 0 Å². The molecule has 0 unspecified atom stereocenters. The Morgan fingerprint density at radius 2 is 1.79 bits per heavy atom. The van der Waals surface area contributed by atoms with Crippen LogP contribution in [-0.4, -0.2) is 37.1 Å². The van der Waals surface area contributed by atoms with Crippen LogP contribution >= 0.6 is 0 Å². The highest BCUT2D eigenvalue weighted by Gasteiger charge is 2.49. The summed E-state index contributed by atoms with van der Waals surface area (Å²) < 4.78 is 5.44. The average molecular weight is 390 g/mol. The molecule has 29 heavy (non-hydrogen) atoms. The molecule has 2 aromatic rings. The molecule has 3 atom stereocenters. The number of hydrogen-bond acceptors (Lipinski definition) is 2. The molecule has 1 fully saturated rings. The van der Waals surface area contributed by atoms with Gasteiger partial charge in [-0.3, -0.25) is 4.79 Å². The number of ether oxygens (including phenoxy) is 1. The van der Waals surface area contributed by atoms with Crippen LogP contribution in [0.4, 0.5) is 0 Å². The van der Waals surface area contributed by atoms with Crippen molar-refractivity contribution >= 4 is 5.91 Å². The van der Waals surface area contributed by atoms with E-state index in [4.69, 9.17) is 4.74 Å². The summed E-state index contributed by atoms with van der Waals surface area (Å²) in [5, 5.41) is 0. The average Bonchev–Trinajstić information content (AvgIpc) is 3.23. The topological polar surface area (TPSA) is 29.5 Å². The molecule has 152 valence electrons. The van der Waals surface area contributed by atoms with Crippen LogP contribution in [0.5, 0.6) is 0 Å². The third kappa shape index (κ3) is 4.02. The van der Waals surface area contributed by atoms with Crippen LogP contribution < -0.4 is 0 Å². The third-order valence-electron chi connectivity index (χ3n) is 6.60. The Kier molecular flexibility index (Phi) is 6.15. The first-order valence-electron chi connectivity index (χ1n) is 10.8. The SMILES string of the molecule is COC[C@@H]1CCCN1C(=O)[C@@]1(Cc2ccccc2)C=CCC[C@@H]1c1ccccc1. The van der Waals surface area contributed by atoms with E-state index in [1.54, 1.807) is 7.11 Å². The summed E-state index contributed by atoms with van der Waals surface area (Å²) in [6.07, 6.45) is 9.29. The highest BCUT2D eigenvalue weighted by molar-refractivity contribution is 5.87. The lowest BCUT2D eigenvalue weighted by Crippen LogP contribution is -2.51. The Balaban J connectivity index is 1.77. The molecule has 1 amide bonds. The molecule has 0 spiro atoms. The Hall–Kier alpha value is -2.39. The molecular weight excluding hydrogens is 358 g/mol. The van der Waals surface area contributed by atoms with Gasteiger partial charge in [-0.2, -0.15) is 0 Å². The zero-order chi connectivity index (χ0) is 20.1. The largest absolute Gasteiger partial charge is 0.383 e. The van der Waals surface area contributed by atoms with Crippen molar-refractivity contribution in [2.75, 3.05) is 20.3 Å². The first-order chi connectivity index (χ1) is 14.2. The van der Waals surface area contributed by atoms with Crippen LogP contribution in [0.3, 0.4) is 0 Å². The molecular formula is C26H31NO2. The molecule has 1 saturated heterocycles. The number of methoxy groups -OCH3 is 1. The second kappa shape index (κ2) is 8.96. The van der Waals surface area contributed by atoms with Crippen LogP contribution in [0.1, 0.15) is 42.7 Å². The second-order valence-corrected chi connectivity index (χ2v) is 8.40. The van der Waals surface area contributed by atoms with Gasteiger partial charge in [0.1, 0.15) is 0 Å². The van der Waals surface area contributed by atoms with E-state index in [0.29, 0.717) is 6.61 Å². The molecule has 3 heteroatoms. The molecule has 2 aliphatic rings. The monoisotopic (exact) mass is 389 g/mol. The maximum Gasteiger partial charge on any atom is 0.233 e. The smallest absolute Gasteiger partial charge is 0.233 e. The Bertz CT molecular complexity index is 832. The van der Waals surface area contributed by atoms with E-state index in [0.717, 1.165) is 38.6 Å². The minimum absolute atomic E-state index is 0.185. The predicted octanol–water partition coefficient (Wildman–Crippen LogP) is 4.99. The van der Waals surface area contributed by atoms with Gasteiger partial charge in [0.15, 0.2) is 0 Å². The fourth-order valence-corrected chi connectivity index (χ4v) is 5.23. The fraction of sp³-hybridized carbons (Fsp3) is 0.423. The maximum absolute atomic E-state index is 14.2. The van der Waals surface area contributed by atoms with E-state index >= 15 is 0 Å². The summed E-state index contributed by atoms with van der Waals surface area (Å²) in [6, 6.07) is 21.3. The van der Waals surface area contributed by atoms with Crippen molar-refractivity contribution in [2.45, 2.75) is 44.1 Å². The first kappa shape index (κ1) is 19.9. The zero-order valence-corrected chi connectivity index (χ0v) is 17.3. The van der Waals surface area contributed by atoms with E-state index in [-0.39, 0.29) is 17.9 Å². The van der Waals surface area contributed by atoms with Crippen LogP contribution in [0.2, 0.25) is 0 Å². The van der Waals surface area contributed by atoms with E-state index < -0.39 is 5.41 Å². The molecule has 1 aliphatic heterocycles. The molecule has 4 rings (SSSR count). The lowest BCUT2D eigenvalue weighted by molar-refractivity contribution is -0.143. The summed E-state index contributed by atoms with van der Waals surface area (Å²) in [5.41, 5.74) is 1.94. The molecule has 0 N–H and O–H groups in total. The van der Waals surface area contributed by atoms with Gasteiger partial charge in [0.2, 0.25) is 5.91 Å². The number of likely N-dealkylation sites (tertiary alicyclic amines) is 1. The van der Waals surface area contributed by atoms with Crippen molar-refractivity contribution in [1.82, 2.24) is 4.90 Å². The van der Waals surface area contributed by atoms with Crippen molar-refractivity contribution in [3.05, 3.63) is 83.9 Å². The maximum atomic E-state index is 14.2. The molecule has 1 aliphatic carbocycles. The minimum Gasteiger partial charge on any atom is -0.383 e. The van der Waals surface area contributed by atoms with Gasteiger partial charge in [0, 0.05) is 19.6 Å². The number of rotatable bonds is 6. The molecule has 0 bridgehead atoms. The standard InChI is InChI=1S/C26H31NO2/c1-29-20-23-15-10-18-27(23)25(28)26(19-21-11-4-2-5-12-21)17-9-8-16-24(26)22-13-6-3-7-14-22/h2-7,9,11-14,17,23-24H,8,10,15-16,18-20H2,1H3/t23-,24+,26+/m0/s1. The number of allylic oxidation sites excluding steroid dienone is 1. The predicted molar refractivity (Wildman–Crippen MR) is 117 cm³/mol. The quantitative estimate of drug-likeness (QED) is 0.652. The van der Waals surface area contributed by atoms with Gasteiger partial charge in [-0.05, 0) is 43.2 Å². The lowest BCUT2D eigenvalue weighted by Gasteiger charge is -2.43. The summed E-state index contributed by atoms with van der Waals surface area (Å²) in [4.78, 5) is 16.3. The van der Waals surface area contributed by atoms with Crippen LogP contribution in [0, 0.1) is 5.41 Å². The van der Waals surface area contributed by atoms with E-state index in [1.165, 1.54) is 11.1 Å². The summed E-state index contributed by atoms with van der Waals surface area (Å²) in [5.74, 6) is 0.455. The molecule has 3 nitrogen and oxygen atoms in total. The molecule has 0 saturated carbocycles. The van der Waals surface area contributed by atoms with E-state index in [2.05, 4.69) is 71.6 Å². The number of carbonyl (C=O) groups is 1. The van der Waals surface area contributed by atoms with Gasteiger partial charge in [0.05, 0.1) is 18.1 Å². The van der Waals surface area contributed by atoms with Crippen molar-refractivity contribution in [1.29, 1.82) is 0 Å². The van der Waals surface area contributed by atoms with Crippen LogP contribution in [0.15, 0.2) is 72.8 Å². The van der Waals surface area contributed by atoms with Crippen molar-refractivity contribution in [3.8, 4) is 0 Å². The number of nitrogens with zero attached hydrogens (tertiary/aromatic N) is 1. The number of carbonyl (C=O) groups excluding carboxylic acids is 1. The highest BCUT2D eigenvalue weighted by Crippen LogP contribution is 2.48. The molecule has 0 radical (unpaired) electrons. The Morgan fingerprint density at radius 1 is 1.07 bits per heavy atom. The normalized spacial score (nSPS) is 26.6. The van der Waals surface area contributed by atoms with Gasteiger partial charge in [-0.25, -0.2) is 0 Å². The van der Waals surface area contributed by atoms with Crippen LogP contribution in [-0.2, 0) is 16.0 Å². The lowest BCUT2D eigenvalue weighted by atomic mass is 9.63. The first-order valence-corrected chi connectivity index (χ1v) is 10.8. The zero-order valence-electron chi connectivity index (χ0n) is 17.3. The third-order valence-corrected chi connectivity index (χ3v) is 6.60. The molecule has 2 aromatic carbocycles. The molecule has 0 aromatic heterocycles. The molecule has 1 heterocycles. The highest BCUT2D eigenvalue weighted by atomic mass is 16.5. The van der Waals surface area contributed by atoms with Gasteiger partial charge >= 0.3 is 0 Å². The van der Waals surface area contributed by atoms with E-state index in [1.807, 2.05) is 6.07 Å². The minimum atomic E-state index is -0.544. The Labute approximate surface area is 174 Å².